The van der Waals surface area contributed by atoms with Crippen LogP contribution >= 0.6 is 0 Å². The van der Waals surface area contributed by atoms with Crippen LogP contribution in [0.2, 0.25) is 0 Å². The van der Waals surface area contributed by atoms with Crippen LogP contribution in [0.4, 0.5) is 5.88 Å². The van der Waals surface area contributed by atoms with Crippen LogP contribution in [0.15, 0.2) is 21.5 Å². The van der Waals surface area contributed by atoms with E-state index in [9.17, 15) is 0 Å². The molecule has 1 saturated heterocycles. The third-order valence-corrected chi connectivity index (χ3v) is 5.33. The summed E-state index contributed by atoms with van der Waals surface area (Å²) in [4.78, 5) is 10.9. The van der Waals surface area contributed by atoms with Gasteiger partial charge >= 0.3 is 0 Å². The molecule has 1 aromatic heterocycles. The topological polar surface area (TPSA) is 82.8 Å². The van der Waals surface area contributed by atoms with E-state index in [-0.39, 0.29) is 0 Å². The second-order valence-electron chi connectivity index (χ2n) is 7.56. The maximum absolute atomic E-state index is 9.10. The quantitative estimate of drug-likeness (QED) is 0.734. The summed E-state index contributed by atoms with van der Waals surface area (Å²) >= 11 is 0. The molecule has 0 spiro atoms. The second kappa shape index (κ2) is 8.92. The molecule has 3 heterocycles. The lowest BCUT2D eigenvalue weighted by Crippen LogP contribution is -2.38. The fourth-order valence-electron chi connectivity index (χ4n) is 3.83. The van der Waals surface area contributed by atoms with Crippen LogP contribution in [-0.4, -0.2) is 62.0 Å². The molecule has 2 aliphatic rings. The number of likely N-dealkylation sites (N-methyl/N-ethyl adjacent to an activating group) is 1. The first-order valence-electron chi connectivity index (χ1n) is 9.71. The van der Waals surface area contributed by atoms with Gasteiger partial charge < -0.3 is 14.2 Å². The summed E-state index contributed by atoms with van der Waals surface area (Å²) in [5.41, 5.74) is 0. The van der Waals surface area contributed by atoms with Crippen LogP contribution in [0.25, 0.3) is 0 Å². The van der Waals surface area contributed by atoms with Gasteiger partial charge in [0, 0.05) is 39.3 Å². The molecule has 0 bridgehead atoms. The number of nitrogens with zero attached hydrogens (tertiary/aromatic N) is 6. The molecule has 0 aliphatic carbocycles. The fraction of sp³-hybridized carbons (Fsp3) is 0.650. The highest BCUT2D eigenvalue weighted by Crippen LogP contribution is 2.22. The predicted molar refractivity (Wildman–Crippen MR) is 104 cm³/mol. The zero-order valence-electron chi connectivity index (χ0n) is 16.3. The summed E-state index contributed by atoms with van der Waals surface area (Å²) in [6.45, 7) is 8.34. The summed E-state index contributed by atoms with van der Waals surface area (Å²) < 4.78 is 6.05. The maximum atomic E-state index is 9.10. The van der Waals surface area contributed by atoms with Gasteiger partial charge in [-0.2, -0.15) is 10.5 Å². The molecule has 27 heavy (non-hydrogen) atoms. The molecule has 1 atom stereocenters. The van der Waals surface area contributed by atoms with Gasteiger partial charge in [-0.25, -0.2) is 0 Å². The lowest BCUT2D eigenvalue weighted by atomic mass is 10.0. The summed E-state index contributed by atoms with van der Waals surface area (Å²) in [6, 6.07) is 8.12. The molecule has 0 saturated carbocycles. The number of hydrogen-bond donors (Lipinski definition) is 0. The average Bonchev–Trinajstić information content (AvgIpc) is 3.31. The van der Waals surface area contributed by atoms with E-state index in [1.54, 1.807) is 0 Å². The molecule has 7 nitrogen and oxygen atoms in total. The Bertz CT molecular complexity index is 728. The van der Waals surface area contributed by atoms with Crippen LogP contribution in [0.5, 0.6) is 0 Å². The average molecular weight is 368 g/mol. The zero-order valence-corrected chi connectivity index (χ0v) is 16.3. The molecule has 1 aromatic rings. The van der Waals surface area contributed by atoms with Crippen molar-refractivity contribution in [2.45, 2.75) is 26.3 Å². The number of anilines is 1. The van der Waals surface area contributed by atoms with Crippen molar-refractivity contribution in [1.29, 1.82) is 10.5 Å². The standard InChI is InChI=1S/C20H28N6O/c1-16-4-3-8-25(14-16)15-18-5-6-19(27-18)24(2)10-11-26-9-7-23-20(26)17(12-21)13-22/h5-6,16-17H,3-4,7-11,14-15H2,1-2H3. The van der Waals surface area contributed by atoms with Crippen molar-refractivity contribution in [3.05, 3.63) is 17.9 Å². The molecule has 7 heteroatoms. The minimum absolute atomic E-state index is 0.604. The van der Waals surface area contributed by atoms with Crippen LogP contribution < -0.4 is 4.90 Å². The van der Waals surface area contributed by atoms with E-state index >= 15 is 0 Å². The molecule has 0 N–H and O–H groups in total. The summed E-state index contributed by atoms with van der Waals surface area (Å²) in [5.74, 6) is 2.44. The minimum Gasteiger partial charge on any atom is -0.444 e. The molecule has 2 aliphatic heterocycles. The van der Waals surface area contributed by atoms with E-state index in [2.05, 4.69) is 27.8 Å². The lowest BCUT2D eigenvalue weighted by molar-refractivity contribution is 0.165. The number of amidine groups is 1. The highest BCUT2D eigenvalue weighted by atomic mass is 16.4. The molecule has 3 rings (SSSR count). The monoisotopic (exact) mass is 368 g/mol. The van der Waals surface area contributed by atoms with Gasteiger partial charge in [-0.3, -0.25) is 9.89 Å². The Morgan fingerprint density at radius 2 is 2.15 bits per heavy atom. The summed E-state index contributed by atoms with van der Waals surface area (Å²) in [5, 5.41) is 18.2. The minimum atomic E-state index is -0.778. The van der Waals surface area contributed by atoms with Crippen molar-refractivity contribution in [2.24, 2.45) is 16.8 Å². The lowest BCUT2D eigenvalue weighted by Gasteiger charge is -2.30. The van der Waals surface area contributed by atoms with Crippen molar-refractivity contribution in [3.63, 3.8) is 0 Å². The first kappa shape index (κ1) is 19.3. The van der Waals surface area contributed by atoms with Gasteiger partial charge in [0.2, 0.25) is 0 Å². The van der Waals surface area contributed by atoms with E-state index in [1.165, 1.54) is 12.8 Å². The second-order valence-corrected chi connectivity index (χ2v) is 7.56. The van der Waals surface area contributed by atoms with E-state index in [0.29, 0.717) is 12.4 Å². The number of piperidine rings is 1. The van der Waals surface area contributed by atoms with Crippen LogP contribution in [-0.2, 0) is 6.54 Å². The van der Waals surface area contributed by atoms with E-state index in [1.807, 2.05) is 30.2 Å². The Balaban J connectivity index is 1.51. The van der Waals surface area contributed by atoms with Crippen molar-refractivity contribution < 1.29 is 4.42 Å². The zero-order chi connectivity index (χ0) is 19.2. The van der Waals surface area contributed by atoms with E-state index < -0.39 is 5.92 Å². The number of rotatable bonds is 7. The van der Waals surface area contributed by atoms with Crippen LogP contribution in [0.1, 0.15) is 25.5 Å². The molecule has 1 unspecified atom stereocenters. The highest BCUT2D eigenvalue weighted by Gasteiger charge is 2.25. The van der Waals surface area contributed by atoms with Gasteiger partial charge in [0.05, 0.1) is 25.2 Å². The SMILES string of the molecule is CC1CCCN(Cc2ccc(N(C)CCN3CCN=C3C(C#N)C#N)o2)C1. The number of likely N-dealkylation sites (tertiary alicyclic amines) is 1. The molecular weight excluding hydrogens is 340 g/mol. The van der Waals surface area contributed by atoms with Crippen molar-refractivity contribution in [1.82, 2.24) is 9.80 Å². The Kier molecular flexibility index (Phi) is 6.36. The Morgan fingerprint density at radius 3 is 2.89 bits per heavy atom. The van der Waals surface area contributed by atoms with Gasteiger partial charge in [0.15, 0.2) is 11.8 Å². The summed E-state index contributed by atoms with van der Waals surface area (Å²) in [7, 11) is 2.00. The maximum Gasteiger partial charge on any atom is 0.195 e. The first-order chi connectivity index (χ1) is 13.1. The van der Waals surface area contributed by atoms with Gasteiger partial charge in [-0.15, -0.1) is 0 Å². The third kappa shape index (κ3) is 4.81. The van der Waals surface area contributed by atoms with Crippen molar-refractivity contribution in [3.8, 4) is 12.1 Å². The summed E-state index contributed by atoms with van der Waals surface area (Å²) in [6.07, 6.45) is 2.59. The predicted octanol–water partition coefficient (Wildman–Crippen LogP) is 2.33. The van der Waals surface area contributed by atoms with Gasteiger partial charge in [0.1, 0.15) is 11.6 Å². The number of nitriles is 2. The fourth-order valence-corrected chi connectivity index (χ4v) is 3.83. The number of aliphatic imine (C=N–C) groups is 1. The van der Waals surface area contributed by atoms with Crippen LogP contribution in [0, 0.1) is 34.5 Å². The van der Waals surface area contributed by atoms with E-state index in [0.717, 1.165) is 56.8 Å². The largest absolute Gasteiger partial charge is 0.444 e. The van der Waals surface area contributed by atoms with Gasteiger partial charge in [-0.05, 0) is 31.4 Å². The highest BCUT2D eigenvalue weighted by molar-refractivity contribution is 5.90. The molecule has 0 radical (unpaired) electrons. The number of furan rings is 1. The molecule has 0 aromatic carbocycles. The van der Waals surface area contributed by atoms with Crippen LogP contribution in [0.3, 0.4) is 0 Å². The molecule has 0 amide bonds. The van der Waals surface area contributed by atoms with Gasteiger partial charge in [0.25, 0.3) is 0 Å². The van der Waals surface area contributed by atoms with Crippen molar-refractivity contribution in [2.75, 3.05) is 51.2 Å². The third-order valence-electron chi connectivity index (χ3n) is 5.33. The molecule has 1 fully saturated rings. The van der Waals surface area contributed by atoms with Crippen molar-refractivity contribution >= 4 is 11.7 Å². The van der Waals surface area contributed by atoms with E-state index in [4.69, 9.17) is 14.9 Å². The Hall–Kier alpha value is -2.51. The smallest absolute Gasteiger partial charge is 0.195 e. The van der Waals surface area contributed by atoms with Gasteiger partial charge in [-0.1, -0.05) is 6.92 Å². The first-order valence-corrected chi connectivity index (χ1v) is 9.71. The Morgan fingerprint density at radius 1 is 1.33 bits per heavy atom. The normalized spacial score (nSPS) is 20.4. The Labute approximate surface area is 161 Å². The number of hydrogen-bond acceptors (Lipinski definition) is 7. The molecule has 144 valence electrons. The molecular formula is C20H28N6O.